The van der Waals surface area contributed by atoms with E-state index in [1.165, 1.54) is 11.3 Å². The van der Waals surface area contributed by atoms with E-state index >= 15 is 0 Å². The summed E-state index contributed by atoms with van der Waals surface area (Å²) in [6.07, 6.45) is -0.224. The number of benzene rings is 2. The van der Waals surface area contributed by atoms with Crippen molar-refractivity contribution >= 4 is 43.4 Å². The second-order valence-electron chi connectivity index (χ2n) is 5.86. The summed E-state index contributed by atoms with van der Waals surface area (Å²) in [6.45, 7) is 0.503. The molecule has 7 heteroatoms. The van der Waals surface area contributed by atoms with Crippen LogP contribution in [0.25, 0.3) is 20.3 Å². The van der Waals surface area contributed by atoms with Gasteiger partial charge in [-0.15, -0.1) is 11.3 Å². The quantitative estimate of drug-likeness (QED) is 0.498. The monoisotopic (exact) mass is 365 g/mol. The third kappa shape index (κ3) is 3.16. The van der Waals surface area contributed by atoms with Crippen LogP contribution in [0.3, 0.4) is 0 Å². The van der Waals surface area contributed by atoms with E-state index in [4.69, 9.17) is 5.11 Å². The Balaban J connectivity index is 1.78. The van der Waals surface area contributed by atoms with Gasteiger partial charge >= 0.3 is 5.97 Å². The van der Waals surface area contributed by atoms with Crippen LogP contribution in [0.5, 0.6) is 5.75 Å². The van der Waals surface area contributed by atoms with Gasteiger partial charge in [0.05, 0.1) is 5.39 Å². The largest absolute Gasteiger partial charge is 0.508 e. The van der Waals surface area contributed by atoms with Crippen molar-refractivity contribution in [1.29, 1.82) is 0 Å². The molecule has 0 amide bonds. The number of fused-ring (bicyclic) bond motifs is 3. The zero-order valence-electron chi connectivity index (χ0n) is 13.6. The van der Waals surface area contributed by atoms with Crippen LogP contribution in [0.15, 0.2) is 48.5 Å². The highest BCUT2D eigenvalue weighted by atomic mass is 32.1. The molecule has 2 aromatic carbocycles. The first-order valence-electron chi connectivity index (χ1n) is 8.02. The number of carboxylic acids is 1. The Kier molecular flexibility index (Phi) is 4.14. The van der Waals surface area contributed by atoms with E-state index < -0.39 is 5.97 Å². The lowest BCUT2D eigenvalue weighted by Gasteiger charge is -2.09. The van der Waals surface area contributed by atoms with Crippen LogP contribution in [0.2, 0.25) is 0 Å². The van der Waals surface area contributed by atoms with Gasteiger partial charge in [0, 0.05) is 16.6 Å². The summed E-state index contributed by atoms with van der Waals surface area (Å²) in [5, 5.41) is 23.7. The summed E-state index contributed by atoms with van der Waals surface area (Å²) in [7, 11) is 0. The molecule has 0 aliphatic heterocycles. The number of carboxylic acid groups (broad SMARTS) is 1. The first kappa shape index (κ1) is 16.3. The highest BCUT2D eigenvalue weighted by Gasteiger charge is 2.15. The Morgan fingerprint density at radius 3 is 2.62 bits per heavy atom. The maximum absolute atomic E-state index is 11.1. The molecule has 2 heterocycles. The lowest BCUT2D eigenvalue weighted by molar-refractivity contribution is -0.136. The Hall–Kier alpha value is -3.19. The first-order valence-corrected chi connectivity index (χ1v) is 8.83. The Morgan fingerprint density at radius 2 is 1.85 bits per heavy atom. The molecule has 0 spiro atoms. The average molecular weight is 365 g/mol. The Bertz CT molecular complexity index is 1110. The molecule has 26 heavy (non-hydrogen) atoms. The van der Waals surface area contributed by atoms with Crippen molar-refractivity contribution in [1.82, 2.24) is 9.97 Å². The molecule has 0 unspecified atom stereocenters. The van der Waals surface area contributed by atoms with Crippen molar-refractivity contribution in [3.63, 3.8) is 0 Å². The van der Waals surface area contributed by atoms with Crippen LogP contribution in [0.4, 0.5) is 5.82 Å². The minimum atomic E-state index is -0.963. The lowest BCUT2D eigenvalue weighted by Crippen LogP contribution is -2.08. The van der Waals surface area contributed by atoms with Gasteiger partial charge in [0.1, 0.15) is 28.6 Å². The van der Waals surface area contributed by atoms with Crippen molar-refractivity contribution < 1.29 is 15.0 Å². The zero-order valence-corrected chi connectivity index (χ0v) is 14.5. The molecule has 0 atom stereocenters. The Morgan fingerprint density at radius 1 is 1.08 bits per heavy atom. The standard InChI is InChI=1S/C19H15N3O3S/c23-12-7-5-11(6-8-12)10-20-18-17-13-3-1-2-4-14(13)26-19(17)22-15(21-18)9-16(24)25/h1-8,23H,9-10H2,(H,24,25)(H,20,21,22). The number of anilines is 1. The number of phenols is 1. The normalized spacial score (nSPS) is 11.1. The highest BCUT2D eigenvalue weighted by molar-refractivity contribution is 7.25. The summed E-state index contributed by atoms with van der Waals surface area (Å²) < 4.78 is 1.08. The van der Waals surface area contributed by atoms with Gasteiger partial charge in [-0.05, 0) is 23.8 Å². The molecule has 0 saturated carbocycles. The van der Waals surface area contributed by atoms with E-state index in [9.17, 15) is 9.90 Å². The van der Waals surface area contributed by atoms with E-state index in [1.54, 1.807) is 12.1 Å². The summed E-state index contributed by atoms with van der Waals surface area (Å²) in [4.78, 5) is 20.7. The molecule has 130 valence electrons. The minimum absolute atomic E-state index is 0.214. The van der Waals surface area contributed by atoms with Gasteiger partial charge in [0.25, 0.3) is 0 Å². The predicted molar refractivity (Wildman–Crippen MR) is 102 cm³/mol. The van der Waals surface area contributed by atoms with E-state index in [-0.39, 0.29) is 18.0 Å². The summed E-state index contributed by atoms with van der Waals surface area (Å²) in [5.74, 6) is 0.155. The van der Waals surface area contributed by atoms with Crippen LogP contribution in [-0.2, 0) is 17.8 Å². The highest BCUT2D eigenvalue weighted by Crippen LogP contribution is 2.36. The second-order valence-corrected chi connectivity index (χ2v) is 6.89. The van der Waals surface area contributed by atoms with Crippen molar-refractivity contribution in [2.75, 3.05) is 5.32 Å². The summed E-state index contributed by atoms with van der Waals surface area (Å²) >= 11 is 1.52. The van der Waals surface area contributed by atoms with Gasteiger partial charge in [0.15, 0.2) is 0 Å². The predicted octanol–water partition coefficient (Wildman–Crippen LogP) is 3.79. The summed E-state index contributed by atoms with van der Waals surface area (Å²) in [5.41, 5.74) is 0.980. The molecule has 6 nitrogen and oxygen atoms in total. The van der Waals surface area contributed by atoms with Crippen LogP contribution in [0.1, 0.15) is 11.4 Å². The number of rotatable bonds is 5. The van der Waals surface area contributed by atoms with Crippen molar-refractivity contribution in [2.45, 2.75) is 13.0 Å². The molecule has 3 N–H and O–H groups in total. The number of phenolic OH excluding ortho intramolecular Hbond substituents is 1. The molecule has 0 aliphatic rings. The van der Waals surface area contributed by atoms with Gasteiger partial charge < -0.3 is 15.5 Å². The van der Waals surface area contributed by atoms with Gasteiger partial charge in [0.2, 0.25) is 0 Å². The molecule has 4 aromatic rings. The third-order valence-corrected chi connectivity index (χ3v) is 5.06. The maximum Gasteiger partial charge on any atom is 0.311 e. The second kappa shape index (κ2) is 6.61. The lowest BCUT2D eigenvalue weighted by atomic mass is 10.2. The minimum Gasteiger partial charge on any atom is -0.508 e. The number of carbonyl (C=O) groups is 1. The molecule has 0 radical (unpaired) electrons. The number of aliphatic carboxylic acids is 1. The van der Waals surface area contributed by atoms with Crippen LogP contribution >= 0.6 is 11.3 Å². The average Bonchev–Trinajstić information content (AvgIpc) is 2.99. The maximum atomic E-state index is 11.1. The van der Waals surface area contributed by atoms with Gasteiger partial charge in [-0.1, -0.05) is 30.3 Å². The van der Waals surface area contributed by atoms with E-state index in [0.29, 0.717) is 12.4 Å². The van der Waals surface area contributed by atoms with E-state index in [0.717, 1.165) is 25.9 Å². The van der Waals surface area contributed by atoms with Crippen molar-refractivity contribution in [2.24, 2.45) is 0 Å². The third-order valence-electron chi connectivity index (χ3n) is 3.99. The first-order chi connectivity index (χ1) is 12.6. The topological polar surface area (TPSA) is 95.3 Å². The molecular weight excluding hydrogens is 350 g/mol. The smallest absolute Gasteiger partial charge is 0.311 e. The fraction of sp³-hybridized carbons (Fsp3) is 0.105. The number of nitrogens with one attached hydrogen (secondary N) is 1. The number of aromatic nitrogens is 2. The van der Waals surface area contributed by atoms with Crippen molar-refractivity contribution in [3.8, 4) is 5.75 Å². The Labute approximate surface area is 152 Å². The molecule has 4 rings (SSSR count). The fourth-order valence-electron chi connectivity index (χ4n) is 2.81. The molecule has 0 aliphatic carbocycles. The van der Waals surface area contributed by atoms with Crippen LogP contribution in [0, 0.1) is 0 Å². The van der Waals surface area contributed by atoms with Crippen LogP contribution in [-0.4, -0.2) is 26.2 Å². The number of hydrogen-bond donors (Lipinski definition) is 3. The van der Waals surface area contributed by atoms with E-state index in [1.807, 2.05) is 36.4 Å². The van der Waals surface area contributed by atoms with E-state index in [2.05, 4.69) is 15.3 Å². The SMILES string of the molecule is O=C(O)Cc1nc(NCc2ccc(O)cc2)c2c(n1)sc1ccccc12. The van der Waals surface area contributed by atoms with Crippen molar-refractivity contribution in [3.05, 3.63) is 59.9 Å². The van der Waals surface area contributed by atoms with Gasteiger partial charge in [-0.25, -0.2) is 9.97 Å². The molecule has 0 saturated heterocycles. The van der Waals surface area contributed by atoms with Crippen LogP contribution < -0.4 is 5.32 Å². The van der Waals surface area contributed by atoms with Gasteiger partial charge in [-0.3, -0.25) is 4.79 Å². The summed E-state index contributed by atoms with van der Waals surface area (Å²) in [6, 6.07) is 14.9. The molecule has 0 bridgehead atoms. The molecular formula is C19H15N3O3S. The number of aromatic hydroxyl groups is 1. The molecule has 0 fully saturated rings. The zero-order chi connectivity index (χ0) is 18.1. The number of nitrogens with zero attached hydrogens (tertiary/aromatic N) is 2. The fourth-order valence-corrected chi connectivity index (χ4v) is 3.90. The number of hydrogen-bond acceptors (Lipinski definition) is 6. The molecule has 2 aromatic heterocycles. The van der Waals surface area contributed by atoms with Gasteiger partial charge in [-0.2, -0.15) is 0 Å². The number of thiophene rings is 1.